The molecule has 0 saturated heterocycles. The Kier molecular flexibility index (Phi) is 5.94. The highest BCUT2D eigenvalue weighted by molar-refractivity contribution is 6.18. The van der Waals surface area contributed by atoms with Crippen LogP contribution in [-0.2, 0) is 4.79 Å². The van der Waals surface area contributed by atoms with E-state index < -0.39 is 0 Å². The molecule has 1 aromatic heterocycles. The number of amides is 1. The Labute approximate surface area is 158 Å². The summed E-state index contributed by atoms with van der Waals surface area (Å²) in [7, 11) is 0. The zero-order valence-electron chi connectivity index (χ0n) is 15.1. The number of rotatable bonds is 7. The van der Waals surface area contributed by atoms with Gasteiger partial charge in [-0.15, -0.1) is 11.6 Å². The molecule has 0 spiro atoms. The first-order chi connectivity index (χ1) is 12.6. The largest absolute Gasteiger partial charge is 0.436 e. The lowest BCUT2D eigenvalue weighted by Crippen LogP contribution is -2.11. The molecule has 0 saturated carbocycles. The molecule has 1 atom stereocenters. The Morgan fingerprint density at radius 1 is 1.27 bits per heavy atom. The Morgan fingerprint density at radius 2 is 2.12 bits per heavy atom. The summed E-state index contributed by atoms with van der Waals surface area (Å²) in [6.07, 6.45) is 2.16. The molecule has 0 fully saturated rings. The fourth-order valence-corrected chi connectivity index (χ4v) is 2.92. The molecular weight excluding hydrogens is 348 g/mol. The third-order valence-corrected chi connectivity index (χ3v) is 4.79. The highest BCUT2D eigenvalue weighted by Gasteiger charge is 2.12. The molecule has 3 rings (SSSR count). The zero-order chi connectivity index (χ0) is 18.5. The van der Waals surface area contributed by atoms with E-state index in [9.17, 15) is 4.79 Å². The van der Waals surface area contributed by atoms with E-state index in [2.05, 4.69) is 36.3 Å². The molecule has 0 radical (unpaired) electrons. The van der Waals surface area contributed by atoms with E-state index in [4.69, 9.17) is 16.0 Å². The van der Waals surface area contributed by atoms with Crippen molar-refractivity contribution in [2.24, 2.45) is 0 Å². The monoisotopic (exact) mass is 370 g/mol. The number of fused-ring (bicyclic) bond motifs is 1. The summed E-state index contributed by atoms with van der Waals surface area (Å²) in [5.41, 5.74) is 4.45. The predicted octanol–water partition coefficient (Wildman–Crippen LogP) is 5.97. The lowest BCUT2D eigenvalue weighted by atomic mass is 9.98. The van der Waals surface area contributed by atoms with E-state index in [1.807, 2.05) is 30.3 Å². The number of halogens is 1. The van der Waals surface area contributed by atoms with E-state index in [0.29, 0.717) is 30.5 Å². The molecule has 4 nitrogen and oxygen atoms in total. The molecule has 1 unspecified atom stereocenters. The van der Waals surface area contributed by atoms with Gasteiger partial charge in [-0.1, -0.05) is 26.0 Å². The molecule has 5 heteroatoms. The van der Waals surface area contributed by atoms with Crippen LogP contribution in [0.4, 0.5) is 5.69 Å². The average molecular weight is 371 g/mol. The number of carbonyl (C=O) groups is 1. The van der Waals surface area contributed by atoms with E-state index >= 15 is 0 Å². The molecule has 0 aliphatic heterocycles. The van der Waals surface area contributed by atoms with Gasteiger partial charge in [-0.05, 0) is 54.7 Å². The molecule has 0 aliphatic rings. The molecule has 1 amide bonds. The van der Waals surface area contributed by atoms with Crippen LogP contribution in [0.2, 0.25) is 0 Å². The molecule has 0 bridgehead atoms. The third-order valence-electron chi connectivity index (χ3n) is 4.52. The maximum atomic E-state index is 11.9. The normalized spacial score (nSPS) is 12.3. The smallest absolute Gasteiger partial charge is 0.227 e. The topological polar surface area (TPSA) is 55.1 Å². The lowest BCUT2D eigenvalue weighted by Gasteiger charge is -2.07. The molecule has 26 heavy (non-hydrogen) atoms. The van der Waals surface area contributed by atoms with Gasteiger partial charge in [0.2, 0.25) is 11.8 Å². The van der Waals surface area contributed by atoms with Gasteiger partial charge < -0.3 is 9.73 Å². The Bertz CT molecular complexity index is 904. The van der Waals surface area contributed by atoms with Crippen LogP contribution in [0.25, 0.3) is 22.6 Å². The molecule has 1 heterocycles. The summed E-state index contributed by atoms with van der Waals surface area (Å²) in [6.45, 7) is 4.38. The molecular formula is C21H23ClN2O2. The van der Waals surface area contributed by atoms with Crippen LogP contribution < -0.4 is 5.32 Å². The highest BCUT2D eigenvalue weighted by Crippen LogP contribution is 2.29. The van der Waals surface area contributed by atoms with E-state index in [0.717, 1.165) is 28.8 Å². The number of nitrogens with zero attached hydrogens (tertiary/aromatic N) is 1. The number of hydrogen-bond donors (Lipinski definition) is 1. The van der Waals surface area contributed by atoms with Crippen molar-refractivity contribution in [1.82, 2.24) is 4.98 Å². The van der Waals surface area contributed by atoms with Crippen molar-refractivity contribution >= 4 is 34.3 Å². The van der Waals surface area contributed by atoms with Crippen molar-refractivity contribution in [3.05, 3.63) is 48.0 Å². The van der Waals surface area contributed by atoms with Gasteiger partial charge in [0.05, 0.1) is 0 Å². The zero-order valence-corrected chi connectivity index (χ0v) is 15.8. The quantitative estimate of drug-likeness (QED) is 0.521. The van der Waals surface area contributed by atoms with Gasteiger partial charge in [-0.2, -0.15) is 0 Å². The minimum atomic E-state index is -0.0430. The van der Waals surface area contributed by atoms with Gasteiger partial charge in [0, 0.05) is 23.6 Å². The number of nitrogens with one attached hydrogen (secondary N) is 1. The van der Waals surface area contributed by atoms with E-state index in [1.54, 1.807) is 0 Å². The average Bonchev–Trinajstić information content (AvgIpc) is 3.09. The van der Waals surface area contributed by atoms with Crippen LogP contribution in [-0.4, -0.2) is 16.8 Å². The van der Waals surface area contributed by atoms with Gasteiger partial charge in [0.25, 0.3) is 0 Å². The van der Waals surface area contributed by atoms with Gasteiger partial charge in [0.15, 0.2) is 5.58 Å². The first-order valence-electron chi connectivity index (χ1n) is 8.97. The minimum Gasteiger partial charge on any atom is -0.436 e. The summed E-state index contributed by atoms with van der Waals surface area (Å²) < 4.78 is 5.91. The SMILES string of the molecule is CCC(C)c1ccc2oc(-c3cccc(NC(=O)CCCCl)c3)nc2c1. The first-order valence-corrected chi connectivity index (χ1v) is 9.51. The fraction of sp³-hybridized carbons (Fsp3) is 0.333. The number of aromatic nitrogens is 1. The lowest BCUT2D eigenvalue weighted by molar-refractivity contribution is -0.116. The molecule has 3 aromatic rings. The maximum absolute atomic E-state index is 11.9. The van der Waals surface area contributed by atoms with Crippen LogP contribution in [0.15, 0.2) is 46.9 Å². The maximum Gasteiger partial charge on any atom is 0.227 e. The highest BCUT2D eigenvalue weighted by atomic mass is 35.5. The number of oxazole rings is 1. The van der Waals surface area contributed by atoms with Crippen LogP contribution in [0.5, 0.6) is 0 Å². The Hall–Kier alpha value is -2.33. The number of anilines is 1. The number of carbonyl (C=O) groups excluding carboxylic acids is 1. The summed E-state index contributed by atoms with van der Waals surface area (Å²) in [5, 5.41) is 2.89. The fourth-order valence-electron chi connectivity index (χ4n) is 2.79. The predicted molar refractivity (Wildman–Crippen MR) is 107 cm³/mol. The molecule has 136 valence electrons. The van der Waals surface area contributed by atoms with Crippen molar-refractivity contribution < 1.29 is 9.21 Å². The second-order valence-electron chi connectivity index (χ2n) is 6.48. The summed E-state index contributed by atoms with van der Waals surface area (Å²) in [4.78, 5) is 16.5. The van der Waals surface area contributed by atoms with Gasteiger partial charge in [-0.3, -0.25) is 4.79 Å². The summed E-state index contributed by atoms with van der Waals surface area (Å²) in [5.74, 6) is 1.48. The molecule has 0 aliphatic carbocycles. The van der Waals surface area contributed by atoms with E-state index in [1.165, 1.54) is 5.56 Å². The molecule has 1 N–H and O–H groups in total. The van der Waals surface area contributed by atoms with Crippen molar-refractivity contribution in [2.45, 2.75) is 39.0 Å². The van der Waals surface area contributed by atoms with Crippen molar-refractivity contribution in [2.75, 3.05) is 11.2 Å². The van der Waals surface area contributed by atoms with Crippen LogP contribution in [0.3, 0.4) is 0 Å². The van der Waals surface area contributed by atoms with Gasteiger partial charge in [0.1, 0.15) is 5.52 Å². The van der Waals surface area contributed by atoms with Gasteiger partial charge in [-0.25, -0.2) is 4.98 Å². The minimum absolute atomic E-state index is 0.0430. The Balaban J connectivity index is 1.84. The Morgan fingerprint density at radius 3 is 2.88 bits per heavy atom. The number of benzene rings is 2. The van der Waals surface area contributed by atoms with Crippen molar-refractivity contribution in [3.8, 4) is 11.5 Å². The number of hydrogen-bond acceptors (Lipinski definition) is 3. The third kappa shape index (κ3) is 4.25. The summed E-state index contributed by atoms with van der Waals surface area (Å²) in [6, 6.07) is 13.7. The standard InChI is InChI=1S/C21H23ClN2O2/c1-3-14(2)15-9-10-19-18(13-15)24-21(26-19)16-6-4-7-17(12-16)23-20(25)8-5-11-22/h4,6-7,9-10,12-14H,3,5,8,11H2,1-2H3,(H,23,25). The summed E-state index contributed by atoms with van der Waals surface area (Å²) >= 11 is 5.63. The first kappa shape index (κ1) is 18.5. The van der Waals surface area contributed by atoms with Crippen LogP contribution in [0.1, 0.15) is 44.6 Å². The van der Waals surface area contributed by atoms with E-state index in [-0.39, 0.29) is 5.91 Å². The molecule has 2 aromatic carbocycles. The van der Waals surface area contributed by atoms with Crippen LogP contribution in [0, 0.1) is 0 Å². The van der Waals surface area contributed by atoms with Crippen molar-refractivity contribution in [1.29, 1.82) is 0 Å². The van der Waals surface area contributed by atoms with Crippen LogP contribution >= 0.6 is 11.6 Å². The number of alkyl halides is 1. The van der Waals surface area contributed by atoms with Crippen molar-refractivity contribution in [3.63, 3.8) is 0 Å². The second-order valence-corrected chi connectivity index (χ2v) is 6.85. The second kappa shape index (κ2) is 8.37. The van der Waals surface area contributed by atoms with Gasteiger partial charge >= 0.3 is 0 Å².